The standard InChI is InChI=1S/C11H17O/c1-2-3-4-5-6-7-8-9-10-11-12/h2-3,9-10H,4-8H2,1H3/b3-2+,10-9+. The van der Waals surface area contributed by atoms with E-state index in [2.05, 4.69) is 12.2 Å². The molecule has 0 heterocycles. The second-order valence-electron chi connectivity index (χ2n) is 2.73. The Labute approximate surface area is 75.2 Å². The van der Waals surface area contributed by atoms with E-state index in [1.807, 2.05) is 13.0 Å². The second kappa shape index (κ2) is 10.2. The van der Waals surface area contributed by atoms with Gasteiger partial charge in [0.25, 0.3) is 0 Å². The van der Waals surface area contributed by atoms with Gasteiger partial charge in [0.1, 0.15) is 0 Å². The van der Waals surface area contributed by atoms with E-state index in [1.54, 1.807) is 6.29 Å². The van der Waals surface area contributed by atoms with Gasteiger partial charge in [0, 0.05) is 0 Å². The monoisotopic (exact) mass is 165 g/mol. The molecule has 0 saturated carbocycles. The van der Waals surface area contributed by atoms with E-state index in [0.717, 1.165) is 6.42 Å². The SMILES string of the molecule is C/C=C/CCCCC/C=C/[C]=O. The highest BCUT2D eigenvalue weighted by atomic mass is 16.1. The van der Waals surface area contributed by atoms with Crippen LogP contribution in [0.25, 0.3) is 0 Å². The van der Waals surface area contributed by atoms with Gasteiger partial charge in [-0.15, -0.1) is 0 Å². The lowest BCUT2D eigenvalue weighted by molar-refractivity contribution is 0.564. The van der Waals surface area contributed by atoms with E-state index in [9.17, 15) is 4.79 Å². The summed E-state index contributed by atoms with van der Waals surface area (Å²) in [6.07, 6.45) is 15.2. The van der Waals surface area contributed by atoms with Gasteiger partial charge in [-0.3, -0.25) is 4.79 Å². The molecular weight excluding hydrogens is 148 g/mol. The molecule has 0 rings (SSSR count). The van der Waals surface area contributed by atoms with Crippen LogP contribution in [0.1, 0.15) is 39.0 Å². The van der Waals surface area contributed by atoms with Crippen LogP contribution in [0.3, 0.4) is 0 Å². The smallest absolute Gasteiger partial charge is 0.225 e. The van der Waals surface area contributed by atoms with Gasteiger partial charge < -0.3 is 0 Å². The predicted octanol–water partition coefficient (Wildman–Crippen LogP) is 3.18. The van der Waals surface area contributed by atoms with Gasteiger partial charge >= 0.3 is 0 Å². The van der Waals surface area contributed by atoms with Crippen molar-refractivity contribution < 1.29 is 4.79 Å². The molecule has 12 heavy (non-hydrogen) atoms. The van der Waals surface area contributed by atoms with Crippen molar-refractivity contribution in [3.05, 3.63) is 24.3 Å². The van der Waals surface area contributed by atoms with Crippen LogP contribution in [0.5, 0.6) is 0 Å². The summed E-state index contributed by atoms with van der Waals surface area (Å²) in [5, 5.41) is 0. The van der Waals surface area contributed by atoms with E-state index in [0.29, 0.717) is 0 Å². The molecule has 0 amide bonds. The number of allylic oxidation sites excluding steroid dienone is 4. The molecule has 0 spiro atoms. The lowest BCUT2D eigenvalue weighted by atomic mass is 10.1. The summed E-state index contributed by atoms with van der Waals surface area (Å²) >= 11 is 0. The fourth-order valence-corrected chi connectivity index (χ4v) is 0.999. The predicted molar refractivity (Wildman–Crippen MR) is 52.7 cm³/mol. The Morgan fingerprint density at radius 3 is 2.33 bits per heavy atom. The van der Waals surface area contributed by atoms with E-state index in [1.165, 1.54) is 31.8 Å². The van der Waals surface area contributed by atoms with E-state index >= 15 is 0 Å². The Morgan fingerprint density at radius 2 is 1.75 bits per heavy atom. The molecule has 67 valence electrons. The van der Waals surface area contributed by atoms with Crippen molar-refractivity contribution in [1.29, 1.82) is 0 Å². The summed E-state index contributed by atoms with van der Waals surface area (Å²) in [6, 6.07) is 0. The van der Waals surface area contributed by atoms with Gasteiger partial charge in [-0.2, -0.15) is 0 Å². The molecule has 0 unspecified atom stereocenters. The van der Waals surface area contributed by atoms with Crippen molar-refractivity contribution in [1.82, 2.24) is 0 Å². The summed E-state index contributed by atoms with van der Waals surface area (Å²) in [4.78, 5) is 9.76. The van der Waals surface area contributed by atoms with Gasteiger partial charge in [0.15, 0.2) is 0 Å². The molecule has 0 atom stereocenters. The van der Waals surface area contributed by atoms with Gasteiger partial charge in [-0.1, -0.05) is 24.6 Å². The molecule has 0 aromatic rings. The lowest BCUT2D eigenvalue weighted by Gasteiger charge is -1.93. The van der Waals surface area contributed by atoms with E-state index in [4.69, 9.17) is 0 Å². The molecule has 0 aliphatic carbocycles. The normalized spacial score (nSPS) is 11.4. The molecule has 0 saturated heterocycles. The third-order valence-corrected chi connectivity index (χ3v) is 1.66. The largest absolute Gasteiger partial charge is 0.286 e. The van der Waals surface area contributed by atoms with Crippen molar-refractivity contribution in [3.63, 3.8) is 0 Å². The third-order valence-electron chi connectivity index (χ3n) is 1.66. The van der Waals surface area contributed by atoms with Gasteiger partial charge in [0.05, 0.1) is 0 Å². The maximum absolute atomic E-state index is 9.76. The summed E-state index contributed by atoms with van der Waals surface area (Å²) in [5.41, 5.74) is 0. The summed E-state index contributed by atoms with van der Waals surface area (Å²) in [7, 11) is 0. The quantitative estimate of drug-likeness (QED) is 0.321. The van der Waals surface area contributed by atoms with Crippen molar-refractivity contribution in [2.24, 2.45) is 0 Å². The minimum absolute atomic E-state index is 1.01. The highest BCUT2D eigenvalue weighted by molar-refractivity contribution is 5.65. The van der Waals surface area contributed by atoms with Crippen molar-refractivity contribution in [2.75, 3.05) is 0 Å². The van der Waals surface area contributed by atoms with Crippen molar-refractivity contribution in [3.8, 4) is 0 Å². The molecule has 0 fully saturated rings. The number of hydrogen-bond donors (Lipinski definition) is 0. The first kappa shape index (κ1) is 11.2. The van der Waals surface area contributed by atoms with Gasteiger partial charge in [0.2, 0.25) is 6.29 Å². The molecule has 0 N–H and O–H groups in total. The van der Waals surface area contributed by atoms with Crippen LogP contribution < -0.4 is 0 Å². The molecule has 0 aliphatic heterocycles. The van der Waals surface area contributed by atoms with Gasteiger partial charge in [-0.05, 0) is 38.7 Å². The fraction of sp³-hybridized carbons (Fsp3) is 0.545. The van der Waals surface area contributed by atoms with Crippen LogP contribution in [0.4, 0.5) is 0 Å². The first-order valence-electron chi connectivity index (χ1n) is 4.55. The van der Waals surface area contributed by atoms with E-state index < -0.39 is 0 Å². The minimum Gasteiger partial charge on any atom is -0.286 e. The Morgan fingerprint density at radius 1 is 1.08 bits per heavy atom. The van der Waals surface area contributed by atoms with Crippen molar-refractivity contribution >= 4 is 6.29 Å². The van der Waals surface area contributed by atoms with Crippen LogP contribution in [0, 0.1) is 0 Å². The molecule has 0 aliphatic rings. The molecule has 0 aromatic heterocycles. The minimum atomic E-state index is 1.01. The third kappa shape index (κ3) is 9.15. The maximum Gasteiger partial charge on any atom is 0.225 e. The van der Waals surface area contributed by atoms with Crippen LogP contribution in [0.15, 0.2) is 24.3 Å². The average Bonchev–Trinajstić information content (AvgIpc) is 2.10. The zero-order valence-corrected chi connectivity index (χ0v) is 7.75. The Balaban J connectivity index is 3.00. The molecule has 1 heteroatoms. The first-order valence-corrected chi connectivity index (χ1v) is 4.55. The number of carbonyl (C=O) groups excluding carboxylic acids is 1. The van der Waals surface area contributed by atoms with Gasteiger partial charge in [-0.25, -0.2) is 0 Å². The summed E-state index contributed by atoms with van der Waals surface area (Å²) < 4.78 is 0. The van der Waals surface area contributed by atoms with E-state index in [-0.39, 0.29) is 0 Å². The lowest BCUT2D eigenvalue weighted by Crippen LogP contribution is -1.74. The first-order chi connectivity index (χ1) is 5.91. The molecule has 1 radical (unpaired) electrons. The van der Waals surface area contributed by atoms with Crippen LogP contribution in [-0.4, -0.2) is 6.29 Å². The average molecular weight is 165 g/mol. The van der Waals surface area contributed by atoms with Crippen LogP contribution in [0.2, 0.25) is 0 Å². The molecule has 1 nitrogen and oxygen atoms in total. The highest BCUT2D eigenvalue weighted by Crippen LogP contribution is 2.03. The van der Waals surface area contributed by atoms with Crippen molar-refractivity contribution in [2.45, 2.75) is 39.0 Å². The Hall–Kier alpha value is -0.850. The summed E-state index contributed by atoms with van der Waals surface area (Å²) in [5.74, 6) is 0. The molecular formula is C11H17O. The molecule has 0 bridgehead atoms. The zero-order chi connectivity index (χ0) is 9.07. The Bertz CT molecular complexity index is 145. The fourth-order valence-electron chi connectivity index (χ4n) is 0.999. The highest BCUT2D eigenvalue weighted by Gasteiger charge is 1.84. The number of hydrogen-bond acceptors (Lipinski definition) is 1. The molecule has 0 aromatic carbocycles. The number of unbranched alkanes of at least 4 members (excludes halogenated alkanes) is 4. The summed E-state index contributed by atoms with van der Waals surface area (Å²) in [6.45, 7) is 2.04. The second-order valence-corrected chi connectivity index (χ2v) is 2.73. The topological polar surface area (TPSA) is 17.1 Å². The Kier molecular flexibility index (Phi) is 9.43. The maximum atomic E-state index is 9.76. The zero-order valence-electron chi connectivity index (χ0n) is 7.75. The number of rotatable bonds is 7. The van der Waals surface area contributed by atoms with Crippen LogP contribution in [-0.2, 0) is 4.79 Å². The van der Waals surface area contributed by atoms with Crippen LogP contribution >= 0.6 is 0 Å².